The Bertz CT molecular complexity index is 944. The first-order chi connectivity index (χ1) is 13.5. The minimum absolute atomic E-state index is 0.124. The van der Waals surface area contributed by atoms with Gasteiger partial charge in [-0.3, -0.25) is 14.4 Å². The molecule has 2 aromatic carbocycles. The number of carbonyl (C=O) groups is 3. The molecule has 1 atom stereocenters. The standard InChI is InChI=1S/C21H20FN3O3/c1-23-18-5-3-2-4-16(18)21(28)24(12-19(23)26)13-20(27)25-11-10-17(25)14-6-8-15(22)9-7-14/h2-9,17H,10-13H2,1H3/t17-/m1/s1. The molecule has 0 aromatic heterocycles. The van der Waals surface area contributed by atoms with Gasteiger partial charge in [0.1, 0.15) is 18.9 Å². The first-order valence-corrected chi connectivity index (χ1v) is 9.15. The van der Waals surface area contributed by atoms with Gasteiger partial charge in [-0.1, -0.05) is 24.3 Å². The van der Waals surface area contributed by atoms with Crippen molar-refractivity contribution >= 4 is 23.4 Å². The van der Waals surface area contributed by atoms with Gasteiger partial charge in [0.05, 0.1) is 17.3 Å². The third-order valence-corrected chi connectivity index (χ3v) is 5.40. The van der Waals surface area contributed by atoms with Gasteiger partial charge in [0.25, 0.3) is 5.91 Å². The fourth-order valence-corrected chi connectivity index (χ4v) is 3.69. The lowest BCUT2D eigenvalue weighted by Gasteiger charge is -2.42. The lowest BCUT2D eigenvalue weighted by atomic mass is 9.94. The van der Waals surface area contributed by atoms with Gasteiger partial charge in [0, 0.05) is 13.6 Å². The smallest absolute Gasteiger partial charge is 0.256 e. The van der Waals surface area contributed by atoms with E-state index in [1.165, 1.54) is 21.9 Å². The molecule has 28 heavy (non-hydrogen) atoms. The van der Waals surface area contributed by atoms with Crippen LogP contribution in [0.1, 0.15) is 28.4 Å². The molecule has 3 amide bonds. The van der Waals surface area contributed by atoms with Crippen LogP contribution >= 0.6 is 0 Å². The molecule has 2 aliphatic rings. The summed E-state index contributed by atoms with van der Waals surface area (Å²) in [7, 11) is 1.62. The number of carbonyl (C=O) groups excluding carboxylic acids is 3. The molecule has 0 N–H and O–H groups in total. The summed E-state index contributed by atoms with van der Waals surface area (Å²) in [6.07, 6.45) is 0.788. The minimum atomic E-state index is -0.333. The lowest BCUT2D eigenvalue weighted by molar-refractivity contribution is -0.140. The Morgan fingerprint density at radius 3 is 2.50 bits per heavy atom. The Balaban J connectivity index is 1.52. The number of benzene rings is 2. The Morgan fingerprint density at radius 1 is 1.11 bits per heavy atom. The average Bonchev–Trinajstić information content (AvgIpc) is 2.74. The SMILES string of the molecule is CN1C(=O)CN(CC(=O)N2CC[C@@H]2c2ccc(F)cc2)C(=O)c2ccccc21. The van der Waals surface area contributed by atoms with E-state index in [9.17, 15) is 18.8 Å². The molecule has 4 rings (SSSR count). The van der Waals surface area contributed by atoms with E-state index in [1.807, 2.05) is 0 Å². The van der Waals surface area contributed by atoms with E-state index in [1.54, 1.807) is 48.3 Å². The zero-order valence-corrected chi connectivity index (χ0v) is 15.5. The summed E-state index contributed by atoms with van der Waals surface area (Å²) in [6.45, 7) is 0.266. The summed E-state index contributed by atoms with van der Waals surface area (Å²) in [5.74, 6) is -1.12. The fourth-order valence-electron chi connectivity index (χ4n) is 3.69. The molecular weight excluding hydrogens is 361 g/mol. The lowest BCUT2D eigenvalue weighted by Crippen LogP contribution is -2.51. The maximum Gasteiger partial charge on any atom is 0.256 e. The molecule has 6 nitrogen and oxygen atoms in total. The molecule has 0 aliphatic carbocycles. The predicted molar refractivity (Wildman–Crippen MR) is 101 cm³/mol. The number of hydrogen-bond donors (Lipinski definition) is 0. The van der Waals surface area contributed by atoms with Crippen LogP contribution in [0.5, 0.6) is 0 Å². The highest BCUT2D eigenvalue weighted by molar-refractivity contribution is 6.10. The minimum Gasteiger partial charge on any atom is -0.334 e. The summed E-state index contributed by atoms with van der Waals surface area (Å²) in [4.78, 5) is 42.6. The molecule has 7 heteroatoms. The third-order valence-electron chi connectivity index (χ3n) is 5.40. The Kier molecular flexibility index (Phi) is 4.58. The van der Waals surface area contributed by atoms with Crippen LogP contribution < -0.4 is 4.90 Å². The largest absolute Gasteiger partial charge is 0.334 e. The number of amides is 3. The van der Waals surface area contributed by atoms with E-state index in [-0.39, 0.29) is 42.7 Å². The molecular formula is C21H20FN3O3. The molecule has 2 aromatic rings. The van der Waals surface area contributed by atoms with Gasteiger partial charge in [0.15, 0.2) is 0 Å². The maximum absolute atomic E-state index is 13.1. The van der Waals surface area contributed by atoms with E-state index in [0.29, 0.717) is 17.8 Å². The third kappa shape index (κ3) is 3.13. The monoisotopic (exact) mass is 381 g/mol. The maximum atomic E-state index is 13.1. The topological polar surface area (TPSA) is 60.9 Å². The predicted octanol–water partition coefficient (Wildman–Crippen LogP) is 2.22. The zero-order valence-electron chi connectivity index (χ0n) is 15.5. The van der Waals surface area contributed by atoms with E-state index in [2.05, 4.69) is 0 Å². The molecule has 0 radical (unpaired) electrons. The van der Waals surface area contributed by atoms with Crippen LogP contribution in [0.2, 0.25) is 0 Å². The molecule has 0 saturated carbocycles. The second-order valence-electron chi connectivity index (χ2n) is 7.07. The van der Waals surface area contributed by atoms with Crippen molar-refractivity contribution in [2.24, 2.45) is 0 Å². The second-order valence-corrected chi connectivity index (χ2v) is 7.07. The van der Waals surface area contributed by atoms with Crippen LogP contribution in [0.15, 0.2) is 48.5 Å². The molecule has 0 bridgehead atoms. The molecule has 2 heterocycles. The molecule has 2 aliphatic heterocycles. The number of fused-ring (bicyclic) bond motifs is 1. The van der Waals surface area contributed by atoms with Crippen LogP contribution in [-0.4, -0.2) is 54.2 Å². The van der Waals surface area contributed by atoms with Gasteiger partial charge < -0.3 is 14.7 Å². The van der Waals surface area contributed by atoms with Crippen molar-refractivity contribution in [1.29, 1.82) is 0 Å². The highest BCUT2D eigenvalue weighted by Crippen LogP contribution is 2.33. The highest BCUT2D eigenvalue weighted by atomic mass is 19.1. The quantitative estimate of drug-likeness (QED) is 0.819. The summed E-state index contributed by atoms with van der Waals surface area (Å²) in [5.41, 5.74) is 1.81. The fraction of sp³-hybridized carbons (Fsp3) is 0.286. The second kappa shape index (κ2) is 7.07. The number of likely N-dealkylation sites (N-methyl/N-ethyl adjacent to an activating group) is 1. The van der Waals surface area contributed by atoms with Gasteiger partial charge in [-0.2, -0.15) is 0 Å². The van der Waals surface area contributed by atoms with E-state index in [4.69, 9.17) is 0 Å². The number of para-hydroxylation sites is 1. The molecule has 0 spiro atoms. The number of rotatable bonds is 3. The van der Waals surface area contributed by atoms with Crippen molar-refractivity contribution in [2.75, 3.05) is 31.6 Å². The summed E-state index contributed by atoms with van der Waals surface area (Å²) in [5, 5.41) is 0. The van der Waals surface area contributed by atoms with Gasteiger partial charge in [-0.15, -0.1) is 0 Å². The summed E-state index contributed by atoms with van der Waals surface area (Å²) >= 11 is 0. The van der Waals surface area contributed by atoms with Crippen LogP contribution in [0.4, 0.5) is 10.1 Å². The van der Waals surface area contributed by atoms with E-state index < -0.39 is 0 Å². The number of halogens is 1. The van der Waals surface area contributed by atoms with Crippen molar-refractivity contribution in [3.05, 3.63) is 65.5 Å². The van der Waals surface area contributed by atoms with Gasteiger partial charge >= 0.3 is 0 Å². The van der Waals surface area contributed by atoms with Crippen LogP contribution in [0, 0.1) is 5.82 Å². The van der Waals surface area contributed by atoms with Crippen molar-refractivity contribution in [3.8, 4) is 0 Å². The zero-order chi connectivity index (χ0) is 19.8. The highest BCUT2D eigenvalue weighted by Gasteiger charge is 2.36. The number of hydrogen-bond acceptors (Lipinski definition) is 3. The average molecular weight is 381 g/mol. The Morgan fingerprint density at radius 2 is 1.82 bits per heavy atom. The van der Waals surface area contributed by atoms with Gasteiger partial charge in [0.2, 0.25) is 11.8 Å². The Hall–Kier alpha value is -3.22. The normalized spacial score (nSPS) is 19.2. The van der Waals surface area contributed by atoms with Crippen molar-refractivity contribution < 1.29 is 18.8 Å². The molecule has 144 valence electrons. The van der Waals surface area contributed by atoms with Crippen molar-refractivity contribution in [3.63, 3.8) is 0 Å². The number of likely N-dealkylation sites (tertiary alicyclic amines) is 1. The molecule has 1 saturated heterocycles. The first kappa shape index (κ1) is 18.2. The summed E-state index contributed by atoms with van der Waals surface area (Å²) < 4.78 is 13.1. The van der Waals surface area contributed by atoms with Crippen LogP contribution in [0.25, 0.3) is 0 Å². The number of nitrogens with zero attached hydrogens (tertiary/aromatic N) is 3. The first-order valence-electron chi connectivity index (χ1n) is 9.15. The van der Waals surface area contributed by atoms with Crippen LogP contribution in [-0.2, 0) is 9.59 Å². The van der Waals surface area contributed by atoms with Gasteiger partial charge in [-0.25, -0.2) is 4.39 Å². The van der Waals surface area contributed by atoms with E-state index in [0.717, 1.165) is 12.0 Å². The molecule has 0 unspecified atom stereocenters. The number of anilines is 1. The van der Waals surface area contributed by atoms with E-state index >= 15 is 0 Å². The van der Waals surface area contributed by atoms with Crippen LogP contribution in [0.3, 0.4) is 0 Å². The van der Waals surface area contributed by atoms with Crippen molar-refractivity contribution in [1.82, 2.24) is 9.80 Å². The molecule has 1 fully saturated rings. The van der Waals surface area contributed by atoms with Crippen molar-refractivity contribution in [2.45, 2.75) is 12.5 Å². The Labute approximate surface area is 162 Å². The van der Waals surface area contributed by atoms with Gasteiger partial charge in [-0.05, 0) is 36.2 Å². The summed E-state index contributed by atoms with van der Waals surface area (Å²) in [6, 6.07) is 12.9.